The van der Waals surface area contributed by atoms with Gasteiger partial charge in [-0.1, -0.05) is 110 Å². The maximum atomic E-state index is 14.6. The Kier molecular flexibility index (Phi) is 11.1. The molecule has 1 aliphatic rings. The second-order valence-corrected chi connectivity index (χ2v) is 14.1. The van der Waals surface area contributed by atoms with E-state index in [9.17, 15) is 18.0 Å². The van der Waals surface area contributed by atoms with Gasteiger partial charge in [-0.15, -0.1) is 0 Å². The van der Waals surface area contributed by atoms with Gasteiger partial charge in [0.25, 0.3) is 10.0 Å². The van der Waals surface area contributed by atoms with Crippen molar-refractivity contribution in [1.29, 1.82) is 0 Å². The number of carbonyl (C=O) groups is 2. The molecule has 0 bridgehead atoms. The third-order valence-corrected chi connectivity index (χ3v) is 10.5. The zero-order valence-corrected chi connectivity index (χ0v) is 27.6. The van der Waals surface area contributed by atoms with Crippen molar-refractivity contribution in [2.45, 2.75) is 69.0 Å². The molecule has 9 heteroatoms. The van der Waals surface area contributed by atoms with Gasteiger partial charge in [-0.25, -0.2) is 8.42 Å². The Morgan fingerprint density at radius 2 is 1.46 bits per heavy atom. The number of para-hydroxylation sites is 1. The number of hydrogen-bond acceptors (Lipinski definition) is 4. The molecule has 0 aromatic heterocycles. The van der Waals surface area contributed by atoms with Crippen LogP contribution in [0.5, 0.6) is 0 Å². The lowest BCUT2D eigenvalue weighted by Gasteiger charge is -2.35. The predicted molar refractivity (Wildman–Crippen MR) is 183 cm³/mol. The molecule has 4 aromatic rings. The van der Waals surface area contributed by atoms with Crippen LogP contribution in [0.15, 0.2) is 114 Å². The van der Waals surface area contributed by atoms with E-state index in [1.165, 1.54) is 17.0 Å². The van der Waals surface area contributed by atoms with Crippen molar-refractivity contribution in [2.75, 3.05) is 10.8 Å². The Hall–Kier alpha value is -4.14. The summed E-state index contributed by atoms with van der Waals surface area (Å²) in [5.41, 5.74) is 2.72. The number of aryl methyl sites for hydroxylation is 1. The standard InChI is InChI=1S/C37H40ClN3O4S/c1-28-14-11-12-23-34(28)41(46(44,45)33-21-9-4-10-22-33)27-36(42)40(26-30-17-13-18-31(38)24-30)35(25-29-15-5-2-6-16-29)37(43)39-32-19-7-3-8-20-32/h2,4-6,9-18,21-24,32,35H,3,7-8,19-20,25-27H2,1H3,(H,39,43)/t35-/m0/s1. The second-order valence-electron chi connectivity index (χ2n) is 11.8. The van der Waals surface area contributed by atoms with Crippen LogP contribution in [0.3, 0.4) is 0 Å². The van der Waals surface area contributed by atoms with Crippen LogP contribution in [-0.4, -0.2) is 43.8 Å². The van der Waals surface area contributed by atoms with Gasteiger partial charge in [-0.2, -0.15) is 0 Å². The van der Waals surface area contributed by atoms with E-state index in [-0.39, 0.29) is 29.8 Å². The van der Waals surface area contributed by atoms with E-state index in [0.717, 1.165) is 47.5 Å². The van der Waals surface area contributed by atoms with Gasteiger partial charge in [0, 0.05) is 24.0 Å². The van der Waals surface area contributed by atoms with Crippen LogP contribution < -0.4 is 9.62 Å². The number of amides is 2. The first-order valence-corrected chi connectivity index (χ1v) is 17.6. The molecule has 1 atom stereocenters. The summed E-state index contributed by atoms with van der Waals surface area (Å²) in [7, 11) is -4.15. The quantitative estimate of drug-likeness (QED) is 0.179. The molecule has 4 aromatic carbocycles. The first kappa shape index (κ1) is 33.2. The van der Waals surface area contributed by atoms with E-state index in [1.807, 2.05) is 55.5 Å². The van der Waals surface area contributed by atoms with Gasteiger partial charge in [-0.3, -0.25) is 13.9 Å². The molecule has 1 N–H and O–H groups in total. The molecule has 0 spiro atoms. The molecule has 1 fully saturated rings. The van der Waals surface area contributed by atoms with Crippen LogP contribution in [0, 0.1) is 6.92 Å². The van der Waals surface area contributed by atoms with Crippen molar-refractivity contribution < 1.29 is 18.0 Å². The van der Waals surface area contributed by atoms with Gasteiger partial charge in [0.05, 0.1) is 10.6 Å². The largest absolute Gasteiger partial charge is 0.352 e. The number of nitrogens with one attached hydrogen (secondary N) is 1. The molecule has 240 valence electrons. The average Bonchev–Trinajstić information content (AvgIpc) is 3.07. The van der Waals surface area contributed by atoms with Gasteiger partial charge in [0.1, 0.15) is 12.6 Å². The van der Waals surface area contributed by atoms with Crippen LogP contribution >= 0.6 is 11.6 Å². The first-order chi connectivity index (χ1) is 22.2. The Morgan fingerprint density at radius 3 is 2.13 bits per heavy atom. The lowest BCUT2D eigenvalue weighted by molar-refractivity contribution is -0.140. The minimum absolute atomic E-state index is 0.0320. The summed E-state index contributed by atoms with van der Waals surface area (Å²) >= 11 is 6.35. The summed E-state index contributed by atoms with van der Waals surface area (Å²) in [5.74, 6) is -0.748. The number of halogens is 1. The third kappa shape index (κ3) is 8.36. The molecule has 0 radical (unpaired) electrons. The molecule has 1 aliphatic carbocycles. The highest BCUT2D eigenvalue weighted by molar-refractivity contribution is 7.92. The molecule has 1 saturated carbocycles. The molecular weight excluding hydrogens is 618 g/mol. The molecule has 0 aliphatic heterocycles. The zero-order valence-electron chi connectivity index (χ0n) is 26.0. The number of benzene rings is 4. The van der Waals surface area contributed by atoms with Crippen molar-refractivity contribution >= 4 is 39.1 Å². The van der Waals surface area contributed by atoms with Crippen LogP contribution in [0.4, 0.5) is 5.69 Å². The van der Waals surface area contributed by atoms with E-state index in [4.69, 9.17) is 11.6 Å². The Morgan fingerprint density at radius 1 is 0.826 bits per heavy atom. The lowest BCUT2D eigenvalue weighted by atomic mass is 9.94. The smallest absolute Gasteiger partial charge is 0.264 e. The summed E-state index contributed by atoms with van der Waals surface area (Å²) < 4.78 is 29.5. The maximum Gasteiger partial charge on any atom is 0.264 e. The summed E-state index contributed by atoms with van der Waals surface area (Å²) in [4.78, 5) is 30.4. The van der Waals surface area contributed by atoms with E-state index >= 15 is 0 Å². The fraction of sp³-hybridized carbons (Fsp3) is 0.297. The van der Waals surface area contributed by atoms with Crippen LogP contribution in [0.25, 0.3) is 0 Å². The van der Waals surface area contributed by atoms with Crippen molar-refractivity contribution in [3.8, 4) is 0 Å². The molecule has 5 rings (SSSR count). The number of sulfonamides is 1. The highest BCUT2D eigenvalue weighted by atomic mass is 35.5. The van der Waals surface area contributed by atoms with Crippen LogP contribution in [-0.2, 0) is 32.6 Å². The number of rotatable bonds is 12. The van der Waals surface area contributed by atoms with E-state index in [1.54, 1.807) is 48.5 Å². The fourth-order valence-corrected chi connectivity index (χ4v) is 7.72. The van der Waals surface area contributed by atoms with Gasteiger partial charge in [-0.05, 0) is 66.8 Å². The minimum atomic E-state index is -4.15. The Labute approximate surface area is 277 Å². The van der Waals surface area contributed by atoms with Gasteiger partial charge in [0.2, 0.25) is 11.8 Å². The number of carbonyl (C=O) groups excluding carboxylic acids is 2. The SMILES string of the molecule is Cc1ccccc1N(CC(=O)N(Cc1cccc(Cl)c1)[C@@H](Cc1ccccc1)C(=O)NC1CCCCC1)S(=O)(=O)c1ccccc1. The molecule has 0 saturated heterocycles. The number of hydrogen-bond donors (Lipinski definition) is 1. The minimum Gasteiger partial charge on any atom is -0.352 e. The Balaban J connectivity index is 1.56. The molecule has 46 heavy (non-hydrogen) atoms. The van der Waals surface area contributed by atoms with Crippen LogP contribution in [0.1, 0.15) is 48.8 Å². The van der Waals surface area contributed by atoms with E-state index in [0.29, 0.717) is 16.3 Å². The molecule has 2 amide bonds. The highest BCUT2D eigenvalue weighted by Gasteiger charge is 2.35. The average molecular weight is 658 g/mol. The topological polar surface area (TPSA) is 86.8 Å². The molecular formula is C37H40ClN3O4S. The van der Waals surface area contributed by atoms with Crippen molar-refractivity contribution in [3.63, 3.8) is 0 Å². The summed E-state index contributed by atoms with van der Waals surface area (Å²) in [6.07, 6.45) is 5.28. The van der Waals surface area contributed by atoms with Crippen molar-refractivity contribution in [1.82, 2.24) is 10.2 Å². The normalized spacial score (nSPS) is 14.3. The summed E-state index contributed by atoms with van der Waals surface area (Å²) in [6.45, 7) is 1.39. The van der Waals surface area contributed by atoms with Gasteiger partial charge >= 0.3 is 0 Å². The number of nitrogens with zero attached hydrogens (tertiary/aromatic N) is 2. The van der Waals surface area contributed by atoms with E-state index in [2.05, 4.69) is 5.32 Å². The number of anilines is 1. The Bertz CT molecular complexity index is 1730. The molecule has 7 nitrogen and oxygen atoms in total. The van der Waals surface area contributed by atoms with Gasteiger partial charge < -0.3 is 10.2 Å². The maximum absolute atomic E-state index is 14.6. The predicted octanol–water partition coefficient (Wildman–Crippen LogP) is 6.93. The summed E-state index contributed by atoms with van der Waals surface area (Å²) in [6, 6.07) is 31.1. The molecule has 0 unspecified atom stereocenters. The van der Waals surface area contributed by atoms with E-state index < -0.39 is 28.5 Å². The molecule has 0 heterocycles. The lowest BCUT2D eigenvalue weighted by Crippen LogP contribution is -2.55. The first-order valence-electron chi connectivity index (χ1n) is 15.7. The monoisotopic (exact) mass is 657 g/mol. The fourth-order valence-electron chi connectivity index (χ4n) is 6.01. The highest BCUT2D eigenvalue weighted by Crippen LogP contribution is 2.28. The zero-order chi connectivity index (χ0) is 32.5. The third-order valence-electron chi connectivity index (χ3n) is 8.46. The van der Waals surface area contributed by atoms with Crippen LogP contribution in [0.2, 0.25) is 5.02 Å². The van der Waals surface area contributed by atoms with Crippen molar-refractivity contribution in [2.24, 2.45) is 0 Å². The summed E-state index contributed by atoms with van der Waals surface area (Å²) in [5, 5.41) is 3.74. The van der Waals surface area contributed by atoms with Gasteiger partial charge in [0.15, 0.2) is 0 Å². The van der Waals surface area contributed by atoms with Crippen molar-refractivity contribution in [3.05, 3.63) is 131 Å². The second kappa shape index (κ2) is 15.4.